The molecule has 1 aromatic rings. The average molecular weight is 282 g/mol. The second-order valence-electron chi connectivity index (χ2n) is 6.30. The van der Waals surface area contributed by atoms with Gasteiger partial charge in [0.15, 0.2) is 0 Å². The first-order valence-corrected chi connectivity index (χ1v) is 7.73. The van der Waals surface area contributed by atoms with Crippen molar-refractivity contribution >= 4 is 5.91 Å². The molecule has 0 spiro atoms. The summed E-state index contributed by atoms with van der Waals surface area (Å²) >= 11 is 0. The third kappa shape index (κ3) is 2.96. The summed E-state index contributed by atoms with van der Waals surface area (Å²) in [5.74, 6) is 6.76. The zero-order valence-electron chi connectivity index (χ0n) is 12.5. The van der Waals surface area contributed by atoms with E-state index in [1.165, 1.54) is 25.7 Å². The Morgan fingerprint density at radius 3 is 2.81 bits per heavy atom. The van der Waals surface area contributed by atoms with Gasteiger partial charge in [-0.25, -0.2) is 0 Å². The van der Waals surface area contributed by atoms with Crippen molar-refractivity contribution in [2.24, 2.45) is 17.1 Å². The Balaban J connectivity index is 1.69. The van der Waals surface area contributed by atoms with Crippen LogP contribution in [-0.4, -0.2) is 19.0 Å². The van der Waals surface area contributed by atoms with Crippen LogP contribution in [0, 0.1) is 30.1 Å². The predicted octanol–water partition coefficient (Wildman–Crippen LogP) is 2.23. The van der Waals surface area contributed by atoms with E-state index in [-0.39, 0.29) is 5.91 Å². The molecular weight excluding hydrogens is 260 g/mol. The van der Waals surface area contributed by atoms with Crippen molar-refractivity contribution < 1.29 is 4.79 Å². The normalized spacial score (nSPS) is 18.6. The number of benzene rings is 1. The van der Waals surface area contributed by atoms with E-state index in [0.717, 1.165) is 29.2 Å². The molecule has 3 rings (SSSR count). The van der Waals surface area contributed by atoms with Gasteiger partial charge < -0.3 is 11.1 Å². The number of nitrogens with two attached hydrogens (primary N) is 1. The topological polar surface area (TPSA) is 55.1 Å². The van der Waals surface area contributed by atoms with Gasteiger partial charge in [0, 0.05) is 17.7 Å². The zero-order chi connectivity index (χ0) is 14.9. The van der Waals surface area contributed by atoms with Crippen LogP contribution in [-0.2, 0) is 0 Å². The largest absolute Gasteiger partial charge is 0.351 e. The Morgan fingerprint density at radius 1 is 1.43 bits per heavy atom. The van der Waals surface area contributed by atoms with Crippen molar-refractivity contribution in [3.8, 4) is 11.8 Å². The first-order chi connectivity index (χ1) is 10.2. The highest BCUT2D eigenvalue weighted by Crippen LogP contribution is 2.60. The molecule has 1 aromatic carbocycles. The number of carbonyl (C=O) groups excluding carboxylic acids is 1. The van der Waals surface area contributed by atoms with Gasteiger partial charge in [0.05, 0.1) is 6.54 Å². The monoisotopic (exact) mass is 282 g/mol. The fraction of sp³-hybridized carbons (Fsp3) is 0.500. The fourth-order valence-electron chi connectivity index (χ4n) is 3.10. The summed E-state index contributed by atoms with van der Waals surface area (Å²) in [6.07, 6.45) is 5.25. The summed E-state index contributed by atoms with van der Waals surface area (Å²) in [5, 5.41) is 3.14. The highest BCUT2D eigenvalue weighted by atomic mass is 16.1. The van der Waals surface area contributed by atoms with Crippen LogP contribution in [0.2, 0.25) is 0 Å². The van der Waals surface area contributed by atoms with Crippen LogP contribution in [0.3, 0.4) is 0 Å². The predicted molar refractivity (Wildman–Crippen MR) is 83.8 cm³/mol. The molecule has 1 amide bonds. The molecule has 2 aliphatic carbocycles. The van der Waals surface area contributed by atoms with Crippen molar-refractivity contribution in [2.45, 2.75) is 32.6 Å². The van der Waals surface area contributed by atoms with Crippen molar-refractivity contribution in [2.75, 3.05) is 13.1 Å². The number of rotatable bonds is 4. The molecular formula is C18H22N2O. The Kier molecular flexibility index (Phi) is 3.73. The molecule has 0 heterocycles. The van der Waals surface area contributed by atoms with E-state index in [4.69, 9.17) is 5.73 Å². The van der Waals surface area contributed by atoms with Gasteiger partial charge in [0.25, 0.3) is 5.91 Å². The molecule has 110 valence electrons. The Bertz CT molecular complexity index is 616. The molecule has 2 fully saturated rings. The minimum atomic E-state index is 0.0239. The number of nitrogens with one attached hydrogen (secondary N) is 1. The lowest BCUT2D eigenvalue weighted by Crippen LogP contribution is -2.31. The van der Waals surface area contributed by atoms with Crippen molar-refractivity contribution in [1.29, 1.82) is 0 Å². The number of carbonyl (C=O) groups is 1. The van der Waals surface area contributed by atoms with Gasteiger partial charge in [-0.05, 0) is 61.6 Å². The van der Waals surface area contributed by atoms with E-state index in [1.54, 1.807) is 0 Å². The number of amides is 1. The second-order valence-corrected chi connectivity index (χ2v) is 6.30. The lowest BCUT2D eigenvalue weighted by atomic mass is 9.99. The van der Waals surface area contributed by atoms with Crippen LogP contribution in [0.4, 0.5) is 0 Å². The SMILES string of the molecule is Cc1c(C#CCN)cccc1C(=O)NCC1(C2CC2)CC1. The highest BCUT2D eigenvalue weighted by Gasteiger charge is 2.53. The average Bonchev–Trinajstić information content (AvgIpc) is 3.37. The van der Waals surface area contributed by atoms with E-state index in [0.29, 0.717) is 12.0 Å². The maximum atomic E-state index is 12.4. The highest BCUT2D eigenvalue weighted by molar-refractivity contribution is 5.96. The molecule has 0 unspecified atom stereocenters. The van der Waals surface area contributed by atoms with Crippen LogP contribution in [0.5, 0.6) is 0 Å². The Morgan fingerprint density at radius 2 is 2.19 bits per heavy atom. The minimum absolute atomic E-state index is 0.0239. The van der Waals surface area contributed by atoms with Gasteiger partial charge >= 0.3 is 0 Å². The van der Waals surface area contributed by atoms with E-state index >= 15 is 0 Å². The van der Waals surface area contributed by atoms with Gasteiger partial charge in [0.1, 0.15) is 0 Å². The van der Waals surface area contributed by atoms with E-state index in [2.05, 4.69) is 17.2 Å². The Hall–Kier alpha value is -1.79. The standard InChI is InChI=1S/C18H22N2O/c1-13-14(5-3-11-19)4-2-6-16(13)17(21)20-12-18(9-10-18)15-7-8-15/h2,4,6,15H,7-12,19H2,1H3,(H,20,21). The summed E-state index contributed by atoms with van der Waals surface area (Å²) in [5.41, 5.74) is 8.39. The Labute approximate surface area is 126 Å². The lowest BCUT2D eigenvalue weighted by molar-refractivity contribution is 0.0942. The van der Waals surface area contributed by atoms with Crippen LogP contribution < -0.4 is 11.1 Å². The molecule has 0 radical (unpaired) electrons. The quantitative estimate of drug-likeness (QED) is 0.832. The summed E-state index contributed by atoms with van der Waals surface area (Å²) in [6, 6.07) is 5.69. The van der Waals surface area contributed by atoms with Gasteiger partial charge in [-0.15, -0.1) is 0 Å². The van der Waals surface area contributed by atoms with Crippen LogP contribution in [0.15, 0.2) is 18.2 Å². The second kappa shape index (κ2) is 5.54. The van der Waals surface area contributed by atoms with Gasteiger partial charge in [-0.1, -0.05) is 17.9 Å². The minimum Gasteiger partial charge on any atom is -0.351 e. The van der Waals surface area contributed by atoms with Crippen molar-refractivity contribution in [3.05, 3.63) is 34.9 Å². The van der Waals surface area contributed by atoms with Crippen LogP contribution in [0.1, 0.15) is 47.2 Å². The summed E-state index contributed by atoms with van der Waals surface area (Å²) in [4.78, 5) is 12.4. The molecule has 0 saturated heterocycles. The maximum Gasteiger partial charge on any atom is 0.251 e. The smallest absolute Gasteiger partial charge is 0.251 e. The number of hydrogen-bond acceptors (Lipinski definition) is 2. The molecule has 2 saturated carbocycles. The first kappa shape index (κ1) is 14.2. The summed E-state index contributed by atoms with van der Waals surface area (Å²) < 4.78 is 0. The molecule has 21 heavy (non-hydrogen) atoms. The van der Waals surface area contributed by atoms with Gasteiger partial charge in [-0.2, -0.15) is 0 Å². The number of hydrogen-bond donors (Lipinski definition) is 2. The van der Waals surface area contributed by atoms with E-state index < -0.39 is 0 Å². The third-order valence-corrected chi connectivity index (χ3v) is 4.84. The molecule has 3 N–H and O–H groups in total. The van der Waals surface area contributed by atoms with E-state index in [9.17, 15) is 4.79 Å². The third-order valence-electron chi connectivity index (χ3n) is 4.84. The van der Waals surface area contributed by atoms with Crippen molar-refractivity contribution in [3.63, 3.8) is 0 Å². The fourth-order valence-corrected chi connectivity index (χ4v) is 3.10. The van der Waals surface area contributed by atoms with Crippen LogP contribution in [0.25, 0.3) is 0 Å². The van der Waals surface area contributed by atoms with Crippen molar-refractivity contribution in [1.82, 2.24) is 5.32 Å². The van der Waals surface area contributed by atoms with Crippen LogP contribution >= 0.6 is 0 Å². The molecule has 3 nitrogen and oxygen atoms in total. The molecule has 0 bridgehead atoms. The summed E-state index contributed by atoms with van der Waals surface area (Å²) in [6.45, 7) is 3.11. The molecule has 0 aromatic heterocycles. The lowest BCUT2D eigenvalue weighted by Gasteiger charge is -2.16. The molecule has 0 aliphatic heterocycles. The first-order valence-electron chi connectivity index (χ1n) is 7.73. The molecule has 3 heteroatoms. The zero-order valence-corrected chi connectivity index (χ0v) is 12.5. The molecule has 2 aliphatic rings. The van der Waals surface area contributed by atoms with E-state index in [1.807, 2.05) is 25.1 Å². The maximum absolute atomic E-state index is 12.4. The van der Waals surface area contributed by atoms with Gasteiger partial charge in [0.2, 0.25) is 0 Å². The summed E-state index contributed by atoms with van der Waals surface area (Å²) in [7, 11) is 0. The molecule has 0 atom stereocenters. The van der Waals surface area contributed by atoms with Gasteiger partial charge in [-0.3, -0.25) is 4.79 Å².